The molecule has 0 aromatic carbocycles. The zero-order chi connectivity index (χ0) is 8.32. The Balaban J connectivity index is 2.38. The van der Waals surface area contributed by atoms with Crippen molar-refractivity contribution in [2.24, 2.45) is 0 Å². The Labute approximate surface area is 71.1 Å². The van der Waals surface area contributed by atoms with Crippen molar-refractivity contribution in [3.8, 4) is 0 Å². The first-order valence-corrected chi connectivity index (χ1v) is 5.17. The zero-order valence-electron chi connectivity index (χ0n) is 7.21. The van der Waals surface area contributed by atoms with Crippen molar-refractivity contribution >= 4 is 9.24 Å². The summed E-state index contributed by atoms with van der Waals surface area (Å²) in [5.41, 5.74) is 0.0799. The molecule has 0 amide bonds. The third kappa shape index (κ3) is 2.14. The number of hydrogen-bond donors (Lipinski definition) is 1. The minimum Gasteiger partial charge on any atom is -0.313 e. The van der Waals surface area contributed by atoms with Gasteiger partial charge in [-0.2, -0.15) is 5.06 Å². The fourth-order valence-corrected chi connectivity index (χ4v) is 1.95. The van der Waals surface area contributed by atoms with Crippen LogP contribution in [0, 0.1) is 0 Å². The van der Waals surface area contributed by atoms with E-state index in [-0.39, 0.29) is 5.54 Å². The highest BCUT2D eigenvalue weighted by Gasteiger charge is 2.34. The Kier molecular flexibility index (Phi) is 3.29. The van der Waals surface area contributed by atoms with E-state index in [0.717, 1.165) is 32.0 Å². The molecule has 0 radical (unpaired) electrons. The van der Waals surface area contributed by atoms with E-state index in [1.54, 1.807) is 0 Å². The van der Waals surface area contributed by atoms with Gasteiger partial charge in [-0.25, -0.2) is 0 Å². The largest absolute Gasteiger partial charge is 0.313 e. The van der Waals surface area contributed by atoms with Crippen molar-refractivity contribution in [2.75, 3.05) is 12.7 Å². The Hall–Kier alpha value is 0.350. The number of nitrogens with zero attached hydrogens (tertiary/aromatic N) is 1. The van der Waals surface area contributed by atoms with Gasteiger partial charge in [0.1, 0.15) is 0 Å². The molecule has 2 nitrogen and oxygen atoms in total. The Bertz CT molecular complexity index is 131. The van der Waals surface area contributed by atoms with E-state index in [2.05, 4.69) is 16.2 Å². The lowest BCUT2D eigenvalue weighted by Crippen LogP contribution is -2.38. The molecule has 0 saturated carbocycles. The predicted octanol–water partition coefficient (Wildman–Crippen LogP) is 1.89. The highest BCUT2D eigenvalue weighted by atomic mass is 31.0. The van der Waals surface area contributed by atoms with Crippen LogP contribution < -0.4 is 0 Å². The standard InChI is InChI=1S/C8H18NOP/c1-8(5-3-7-11)4-2-6-9(8)10/h10H,2-7,11H2,1H3. The van der Waals surface area contributed by atoms with Gasteiger partial charge in [0.15, 0.2) is 0 Å². The maximum Gasteiger partial charge on any atom is 0.0433 e. The van der Waals surface area contributed by atoms with Gasteiger partial charge in [0, 0.05) is 12.1 Å². The van der Waals surface area contributed by atoms with E-state index in [0.29, 0.717) is 0 Å². The molecule has 0 aromatic rings. The zero-order valence-corrected chi connectivity index (χ0v) is 8.37. The molecular weight excluding hydrogens is 157 g/mol. The lowest BCUT2D eigenvalue weighted by molar-refractivity contribution is -0.144. The topological polar surface area (TPSA) is 23.5 Å². The van der Waals surface area contributed by atoms with Gasteiger partial charge in [-0.05, 0) is 38.8 Å². The summed E-state index contributed by atoms with van der Waals surface area (Å²) >= 11 is 0. The number of hydroxylamine groups is 2. The average Bonchev–Trinajstić information content (AvgIpc) is 2.30. The summed E-state index contributed by atoms with van der Waals surface area (Å²) in [6.07, 6.45) is 5.74. The van der Waals surface area contributed by atoms with Crippen LogP contribution in [-0.4, -0.2) is 28.5 Å². The molecule has 1 heterocycles. The molecule has 11 heavy (non-hydrogen) atoms. The highest BCUT2D eigenvalue weighted by molar-refractivity contribution is 7.16. The molecule has 1 fully saturated rings. The van der Waals surface area contributed by atoms with Crippen molar-refractivity contribution in [3.05, 3.63) is 0 Å². The van der Waals surface area contributed by atoms with Crippen molar-refractivity contribution in [1.82, 2.24) is 5.06 Å². The Morgan fingerprint density at radius 3 is 2.82 bits per heavy atom. The molecule has 0 aromatic heterocycles. The van der Waals surface area contributed by atoms with Crippen LogP contribution in [0.25, 0.3) is 0 Å². The van der Waals surface area contributed by atoms with E-state index in [1.165, 1.54) is 11.5 Å². The van der Waals surface area contributed by atoms with Crippen LogP contribution in [0.5, 0.6) is 0 Å². The van der Waals surface area contributed by atoms with Gasteiger partial charge < -0.3 is 5.21 Å². The smallest absolute Gasteiger partial charge is 0.0433 e. The van der Waals surface area contributed by atoms with Crippen LogP contribution in [0.1, 0.15) is 32.6 Å². The van der Waals surface area contributed by atoms with Gasteiger partial charge in [0.05, 0.1) is 0 Å². The van der Waals surface area contributed by atoms with Crippen LogP contribution >= 0.6 is 9.24 Å². The van der Waals surface area contributed by atoms with Crippen LogP contribution in [0.2, 0.25) is 0 Å². The van der Waals surface area contributed by atoms with Crippen molar-refractivity contribution in [2.45, 2.75) is 38.1 Å². The SMILES string of the molecule is CC1(CCCP)CCCN1O. The van der Waals surface area contributed by atoms with E-state index >= 15 is 0 Å². The average molecular weight is 175 g/mol. The number of rotatable bonds is 3. The quantitative estimate of drug-likeness (QED) is 0.662. The first-order chi connectivity index (χ1) is 5.19. The summed E-state index contributed by atoms with van der Waals surface area (Å²) in [5.74, 6) is 0. The molecule has 0 bridgehead atoms. The van der Waals surface area contributed by atoms with E-state index < -0.39 is 0 Å². The molecule has 0 aliphatic carbocycles. The van der Waals surface area contributed by atoms with Crippen LogP contribution in [0.3, 0.4) is 0 Å². The highest BCUT2D eigenvalue weighted by Crippen LogP contribution is 2.31. The minimum atomic E-state index is 0.0799. The molecule has 66 valence electrons. The fourth-order valence-electron chi connectivity index (χ4n) is 1.75. The molecule has 1 saturated heterocycles. The first-order valence-electron chi connectivity index (χ1n) is 4.36. The van der Waals surface area contributed by atoms with Crippen molar-refractivity contribution < 1.29 is 5.21 Å². The first kappa shape index (κ1) is 9.44. The van der Waals surface area contributed by atoms with Crippen LogP contribution in [0.15, 0.2) is 0 Å². The van der Waals surface area contributed by atoms with Gasteiger partial charge in [-0.15, -0.1) is 9.24 Å². The second kappa shape index (κ2) is 3.84. The van der Waals surface area contributed by atoms with Crippen LogP contribution in [0.4, 0.5) is 0 Å². The normalized spacial score (nSPS) is 33.0. The molecule has 1 rings (SSSR count). The fraction of sp³-hybridized carbons (Fsp3) is 1.00. The number of hydrogen-bond acceptors (Lipinski definition) is 2. The maximum atomic E-state index is 9.50. The van der Waals surface area contributed by atoms with Gasteiger partial charge >= 0.3 is 0 Å². The summed E-state index contributed by atoms with van der Waals surface area (Å²) in [4.78, 5) is 0. The molecule has 2 unspecified atom stereocenters. The van der Waals surface area contributed by atoms with Crippen molar-refractivity contribution in [1.29, 1.82) is 0 Å². The predicted molar refractivity (Wildman–Crippen MR) is 49.9 cm³/mol. The molecule has 3 heteroatoms. The Morgan fingerprint density at radius 1 is 1.64 bits per heavy atom. The van der Waals surface area contributed by atoms with E-state index in [4.69, 9.17) is 0 Å². The lowest BCUT2D eigenvalue weighted by Gasteiger charge is -2.29. The summed E-state index contributed by atoms with van der Waals surface area (Å²) in [6, 6.07) is 0. The second-order valence-corrected chi connectivity index (χ2v) is 4.19. The maximum absolute atomic E-state index is 9.50. The lowest BCUT2D eigenvalue weighted by atomic mass is 9.94. The Morgan fingerprint density at radius 2 is 2.36 bits per heavy atom. The third-order valence-electron chi connectivity index (χ3n) is 2.63. The van der Waals surface area contributed by atoms with Gasteiger partial charge in [-0.1, -0.05) is 0 Å². The molecular formula is C8H18NOP. The summed E-state index contributed by atoms with van der Waals surface area (Å²) in [7, 11) is 2.73. The van der Waals surface area contributed by atoms with Crippen molar-refractivity contribution in [3.63, 3.8) is 0 Å². The monoisotopic (exact) mass is 175 g/mol. The molecule has 1 N–H and O–H groups in total. The minimum absolute atomic E-state index is 0.0799. The van der Waals surface area contributed by atoms with Gasteiger partial charge in [-0.3, -0.25) is 0 Å². The van der Waals surface area contributed by atoms with Crippen LogP contribution in [-0.2, 0) is 0 Å². The van der Waals surface area contributed by atoms with E-state index in [9.17, 15) is 5.21 Å². The summed E-state index contributed by atoms with van der Waals surface area (Å²) < 4.78 is 0. The second-order valence-electron chi connectivity index (χ2n) is 3.62. The van der Waals surface area contributed by atoms with E-state index in [1.807, 2.05) is 0 Å². The molecule has 2 atom stereocenters. The van der Waals surface area contributed by atoms with Gasteiger partial charge in [0.2, 0.25) is 0 Å². The molecule has 1 aliphatic heterocycles. The summed E-state index contributed by atoms with van der Waals surface area (Å²) in [5, 5.41) is 11.0. The molecule has 1 aliphatic rings. The molecule has 0 spiro atoms. The summed E-state index contributed by atoms with van der Waals surface area (Å²) in [6.45, 7) is 3.01. The third-order valence-corrected chi connectivity index (χ3v) is 3.04. The van der Waals surface area contributed by atoms with Gasteiger partial charge in [0.25, 0.3) is 0 Å².